The molecule has 3 aromatic carbocycles. The highest BCUT2D eigenvalue weighted by molar-refractivity contribution is 14.1. The number of nitrogens with zero attached hydrogens (tertiary/aromatic N) is 1. The third-order valence-corrected chi connectivity index (χ3v) is 5.58. The van der Waals surface area contributed by atoms with E-state index < -0.39 is 17.6 Å². The van der Waals surface area contributed by atoms with E-state index in [2.05, 4.69) is 10.6 Å². The molecule has 0 aromatic heterocycles. The first-order chi connectivity index (χ1) is 17.4. The fourth-order valence-corrected chi connectivity index (χ4v) is 3.91. The lowest BCUT2D eigenvalue weighted by Gasteiger charge is -2.15. The maximum Gasteiger partial charge on any atom is 0.262 e. The van der Waals surface area contributed by atoms with Crippen molar-refractivity contribution in [1.82, 2.24) is 5.32 Å². The number of ether oxygens (including phenoxy) is 2. The number of hydrogen-bond acceptors (Lipinski definition) is 5. The summed E-state index contributed by atoms with van der Waals surface area (Å²) in [5.74, 6) is -0.594. The van der Waals surface area contributed by atoms with Crippen molar-refractivity contribution in [2.75, 3.05) is 18.5 Å². The van der Waals surface area contributed by atoms with Gasteiger partial charge in [-0.25, -0.2) is 4.39 Å². The van der Waals surface area contributed by atoms with Crippen LogP contribution >= 0.6 is 22.6 Å². The zero-order valence-electron chi connectivity index (χ0n) is 19.4. The first-order valence-corrected chi connectivity index (χ1v) is 12.1. The molecule has 2 amide bonds. The number of nitriles is 1. The number of hydrogen-bond donors (Lipinski definition) is 2. The summed E-state index contributed by atoms with van der Waals surface area (Å²) >= 11 is 2.03. The molecule has 0 spiro atoms. The molecule has 36 heavy (non-hydrogen) atoms. The lowest BCUT2D eigenvalue weighted by atomic mass is 10.1. The van der Waals surface area contributed by atoms with Crippen molar-refractivity contribution in [3.63, 3.8) is 0 Å². The van der Waals surface area contributed by atoms with Crippen LogP contribution in [0.4, 0.5) is 10.1 Å². The van der Waals surface area contributed by atoms with Crippen LogP contribution in [0.1, 0.15) is 18.1 Å². The van der Waals surface area contributed by atoms with Crippen molar-refractivity contribution in [2.45, 2.75) is 13.5 Å². The second kappa shape index (κ2) is 13.3. The maximum atomic E-state index is 13.0. The third kappa shape index (κ3) is 7.81. The van der Waals surface area contributed by atoms with E-state index in [1.54, 1.807) is 19.1 Å². The van der Waals surface area contributed by atoms with E-state index in [1.807, 2.05) is 59.0 Å². The lowest BCUT2D eigenvalue weighted by Crippen LogP contribution is -2.23. The number of anilines is 1. The number of amides is 2. The fourth-order valence-electron chi connectivity index (χ4n) is 3.13. The molecule has 0 bridgehead atoms. The minimum Gasteiger partial charge on any atom is -0.490 e. The molecule has 0 aliphatic carbocycles. The average molecular weight is 599 g/mol. The van der Waals surface area contributed by atoms with Gasteiger partial charge in [-0.1, -0.05) is 30.3 Å². The number of benzene rings is 3. The highest BCUT2D eigenvalue weighted by Gasteiger charge is 2.16. The second-order valence-corrected chi connectivity index (χ2v) is 8.61. The van der Waals surface area contributed by atoms with Gasteiger partial charge in [0.05, 0.1) is 10.2 Å². The second-order valence-electron chi connectivity index (χ2n) is 7.44. The smallest absolute Gasteiger partial charge is 0.262 e. The van der Waals surface area contributed by atoms with Crippen LogP contribution in [-0.2, 0) is 16.1 Å². The third-order valence-electron chi connectivity index (χ3n) is 4.78. The summed E-state index contributed by atoms with van der Waals surface area (Å²) in [5.41, 5.74) is 1.87. The highest BCUT2D eigenvalue weighted by atomic mass is 127. The number of carbonyl (C=O) groups excluding carboxylic acids is 2. The topological polar surface area (TPSA) is 100 Å². The van der Waals surface area contributed by atoms with Crippen LogP contribution in [0.25, 0.3) is 6.08 Å². The molecular weight excluding hydrogens is 576 g/mol. The molecule has 0 saturated carbocycles. The Balaban J connectivity index is 1.72. The Morgan fingerprint density at radius 1 is 1.08 bits per heavy atom. The number of carbonyl (C=O) groups is 2. The molecule has 184 valence electrons. The van der Waals surface area contributed by atoms with Gasteiger partial charge in [0.25, 0.3) is 11.8 Å². The van der Waals surface area contributed by atoms with Gasteiger partial charge in [0, 0.05) is 12.2 Å². The molecule has 0 saturated heterocycles. The van der Waals surface area contributed by atoms with Crippen molar-refractivity contribution in [3.8, 4) is 17.6 Å². The summed E-state index contributed by atoms with van der Waals surface area (Å²) in [6.45, 7) is 2.14. The van der Waals surface area contributed by atoms with Gasteiger partial charge in [-0.2, -0.15) is 5.26 Å². The standard InChI is InChI=1S/C27H23FIN3O4/c1-2-35-24-14-19(12-20(15-30)27(34)31-16-18-6-4-3-5-7-18)13-23(29)26(24)36-17-25(33)32-22-10-8-21(28)9-11-22/h3-14H,2,16-17H2,1H3,(H,31,34)(H,32,33)/b20-12+. The molecule has 0 fully saturated rings. The van der Waals surface area contributed by atoms with Gasteiger partial charge < -0.3 is 20.1 Å². The minimum atomic E-state index is -0.493. The van der Waals surface area contributed by atoms with E-state index in [0.717, 1.165) is 5.56 Å². The van der Waals surface area contributed by atoms with Crippen LogP contribution in [0.2, 0.25) is 0 Å². The summed E-state index contributed by atoms with van der Waals surface area (Å²) in [6.07, 6.45) is 1.47. The Bertz CT molecular complexity index is 1290. The maximum absolute atomic E-state index is 13.0. The van der Waals surface area contributed by atoms with E-state index in [0.29, 0.717) is 39.5 Å². The Labute approximate surface area is 222 Å². The predicted molar refractivity (Wildman–Crippen MR) is 143 cm³/mol. The highest BCUT2D eigenvalue weighted by Crippen LogP contribution is 2.35. The van der Waals surface area contributed by atoms with Crippen molar-refractivity contribution >= 4 is 46.2 Å². The number of halogens is 2. The number of nitrogens with one attached hydrogen (secondary N) is 2. The van der Waals surface area contributed by atoms with Gasteiger partial charge in [-0.3, -0.25) is 9.59 Å². The molecular formula is C27H23FIN3O4. The summed E-state index contributed by atoms with van der Waals surface area (Å²) in [7, 11) is 0. The predicted octanol–water partition coefficient (Wildman–Crippen LogP) is 5.07. The molecule has 0 atom stereocenters. The molecule has 3 aromatic rings. The van der Waals surface area contributed by atoms with Crippen LogP contribution in [0, 0.1) is 20.7 Å². The Morgan fingerprint density at radius 3 is 2.47 bits per heavy atom. The monoisotopic (exact) mass is 599 g/mol. The van der Waals surface area contributed by atoms with Crippen molar-refractivity contribution in [1.29, 1.82) is 5.26 Å². The van der Waals surface area contributed by atoms with E-state index in [1.165, 1.54) is 30.3 Å². The summed E-state index contributed by atoms with van der Waals surface area (Å²) in [6, 6.07) is 20.1. The van der Waals surface area contributed by atoms with Gasteiger partial charge in [-0.05, 0) is 83.1 Å². The minimum absolute atomic E-state index is 0.0588. The van der Waals surface area contributed by atoms with E-state index in [9.17, 15) is 19.2 Å². The fraction of sp³-hybridized carbons (Fsp3) is 0.148. The summed E-state index contributed by atoms with van der Waals surface area (Å²) in [4.78, 5) is 24.8. The number of rotatable bonds is 10. The summed E-state index contributed by atoms with van der Waals surface area (Å²) < 4.78 is 25.1. The zero-order valence-corrected chi connectivity index (χ0v) is 21.5. The largest absolute Gasteiger partial charge is 0.490 e. The molecule has 0 heterocycles. The molecule has 0 aliphatic heterocycles. The summed E-state index contributed by atoms with van der Waals surface area (Å²) in [5, 5.41) is 14.9. The van der Waals surface area contributed by atoms with Crippen molar-refractivity contribution in [3.05, 3.63) is 92.8 Å². The zero-order chi connectivity index (χ0) is 25.9. The first-order valence-electron chi connectivity index (χ1n) is 11.0. The first kappa shape index (κ1) is 26.7. The van der Waals surface area contributed by atoms with Crippen LogP contribution in [0.15, 0.2) is 72.3 Å². The van der Waals surface area contributed by atoms with Gasteiger partial charge in [0.15, 0.2) is 18.1 Å². The Morgan fingerprint density at radius 2 is 1.81 bits per heavy atom. The SMILES string of the molecule is CCOc1cc(/C=C(\C#N)C(=O)NCc2ccccc2)cc(I)c1OCC(=O)Nc1ccc(F)cc1. The molecule has 0 radical (unpaired) electrons. The van der Waals surface area contributed by atoms with Crippen LogP contribution in [0.3, 0.4) is 0 Å². The van der Waals surface area contributed by atoms with Gasteiger partial charge in [-0.15, -0.1) is 0 Å². The van der Waals surface area contributed by atoms with Gasteiger partial charge in [0.1, 0.15) is 17.5 Å². The molecule has 0 unspecified atom stereocenters. The van der Waals surface area contributed by atoms with Crippen LogP contribution in [-0.4, -0.2) is 25.0 Å². The van der Waals surface area contributed by atoms with E-state index >= 15 is 0 Å². The molecule has 7 nitrogen and oxygen atoms in total. The van der Waals surface area contributed by atoms with Crippen molar-refractivity contribution in [2.24, 2.45) is 0 Å². The normalized spacial score (nSPS) is 10.8. The lowest BCUT2D eigenvalue weighted by molar-refractivity contribution is -0.118. The van der Waals surface area contributed by atoms with Crippen molar-refractivity contribution < 1.29 is 23.5 Å². The Kier molecular flexibility index (Phi) is 9.82. The van der Waals surface area contributed by atoms with Crippen LogP contribution < -0.4 is 20.1 Å². The van der Waals surface area contributed by atoms with E-state index in [4.69, 9.17) is 9.47 Å². The van der Waals surface area contributed by atoms with Gasteiger partial charge >= 0.3 is 0 Å². The Hall–Kier alpha value is -3.91. The molecule has 3 rings (SSSR count). The van der Waals surface area contributed by atoms with Gasteiger partial charge in [0.2, 0.25) is 0 Å². The quantitative estimate of drug-likeness (QED) is 0.193. The average Bonchev–Trinajstić information content (AvgIpc) is 2.87. The molecule has 0 aliphatic rings. The van der Waals surface area contributed by atoms with E-state index in [-0.39, 0.29) is 12.2 Å². The van der Waals surface area contributed by atoms with Crippen LogP contribution in [0.5, 0.6) is 11.5 Å². The molecule has 2 N–H and O–H groups in total. The molecule has 9 heteroatoms.